The van der Waals surface area contributed by atoms with Crippen LogP contribution in [0.1, 0.15) is 21.5 Å². The Bertz CT molecular complexity index is 1130. The number of nitrogens with one attached hydrogen (secondary N) is 2. The van der Waals surface area contributed by atoms with Gasteiger partial charge in [0.2, 0.25) is 0 Å². The summed E-state index contributed by atoms with van der Waals surface area (Å²) in [6.45, 7) is 1.92. The Morgan fingerprint density at radius 2 is 1.65 bits per heavy atom. The van der Waals surface area contributed by atoms with Crippen LogP contribution >= 0.6 is 15.9 Å². The summed E-state index contributed by atoms with van der Waals surface area (Å²) in [4.78, 5) is 35.9. The van der Waals surface area contributed by atoms with Crippen LogP contribution in [-0.2, 0) is 9.59 Å². The van der Waals surface area contributed by atoms with Crippen molar-refractivity contribution in [2.45, 2.75) is 6.92 Å². The van der Waals surface area contributed by atoms with Gasteiger partial charge in [0.15, 0.2) is 0 Å². The van der Waals surface area contributed by atoms with Gasteiger partial charge in [0.05, 0.1) is 11.8 Å². The second-order valence-corrected chi connectivity index (χ2v) is 7.40. The zero-order valence-electron chi connectivity index (χ0n) is 16.5. The van der Waals surface area contributed by atoms with Gasteiger partial charge in [-0.2, -0.15) is 5.10 Å². The average Bonchev–Trinajstić information content (AvgIpc) is 2.76. The lowest BCUT2D eigenvalue weighted by molar-refractivity contribution is -0.136. The van der Waals surface area contributed by atoms with E-state index in [4.69, 9.17) is 4.74 Å². The number of anilines is 1. The summed E-state index contributed by atoms with van der Waals surface area (Å²) in [5.74, 6) is -1.83. The van der Waals surface area contributed by atoms with Gasteiger partial charge in [-0.05, 0) is 67.1 Å². The minimum absolute atomic E-state index is 0.364. The quantitative estimate of drug-likeness (QED) is 0.189. The molecule has 8 heteroatoms. The first-order valence-electron chi connectivity index (χ1n) is 9.19. The molecule has 3 aromatic carbocycles. The Kier molecular flexibility index (Phi) is 7.29. The molecule has 3 rings (SSSR count). The van der Waals surface area contributed by atoms with Crippen LogP contribution in [0.15, 0.2) is 82.4 Å². The van der Waals surface area contributed by atoms with Gasteiger partial charge in [-0.1, -0.05) is 39.7 Å². The number of hydrogen-bond acceptors (Lipinski definition) is 5. The molecule has 0 radical (unpaired) electrons. The van der Waals surface area contributed by atoms with E-state index in [-0.39, 0.29) is 0 Å². The maximum Gasteiger partial charge on any atom is 0.343 e. The molecule has 0 atom stereocenters. The van der Waals surface area contributed by atoms with Gasteiger partial charge in [-0.3, -0.25) is 9.59 Å². The number of carbonyl (C=O) groups is 3. The minimum atomic E-state index is -0.892. The number of hydrogen-bond donors (Lipinski definition) is 2. The Labute approximate surface area is 187 Å². The number of halogens is 1. The number of aryl methyl sites for hydroxylation is 1. The summed E-state index contributed by atoms with van der Waals surface area (Å²) in [5, 5.41) is 6.25. The molecule has 0 aliphatic carbocycles. The molecule has 0 saturated heterocycles. The van der Waals surface area contributed by atoms with Crippen LogP contribution < -0.4 is 15.5 Å². The largest absolute Gasteiger partial charge is 0.423 e. The van der Waals surface area contributed by atoms with Crippen molar-refractivity contribution in [2.24, 2.45) is 5.10 Å². The molecule has 7 nitrogen and oxygen atoms in total. The van der Waals surface area contributed by atoms with Crippen molar-refractivity contribution in [3.63, 3.8) is 0 Å². The SMILES string of the molecule is Cc1ccc(NC(=O)C(=O)N/N=C\c2ccc(OC(=O)c3cccc(Br)c3)cc2)cc1. The number of esters is 1. The molecular formula is C23H18BrN3O4. The second-order valence-electron chi connectivity index (χ2n) is 6.49. The number of ether oxygens (including phenoxy) is 1. The molecule has 2 amide bonds. The third-order valence-electron chi connectivity index (χ3n) is 4.05. The van der Waals surface area contributed by atoms with Crippen molar-refractivity contribution >= 4 is 45.6 Å². The van der Waals surface area contributed by atoms with E-state index in [1.165, 1.54) is 6.21 Å². The molecular weight excluding hydrogens is 462 g/mol. The van der Waals surface area contributed by atoms with Crippen molar-refractivity contribution in [2.75, 3.05) is 5.32 Å². The first-order valence-corrected chi connectivity index (χ1v) is 9.99. The summed E-state index contributed by atoms with van der Waals surface area (Å²) in [6, 6.07) is 20.5. The molecule has 156 valence electrons. The molecule has 0 fully saturated rings. The van der Waals surface area contributed by atoms with E-state index in [2.05, 4.69) is 31.8 Å². The molecule has 3 aromatic rings. The number of nitrogens with zero attached hydrogens (tertiary/aromatic N) is 1. The summed E-state index contributed by atoms with van der Waals surface area (Å²) in [6.07, 6.45) is 1.37. The fraction of sp³-hybridized carbons (Fsp3) is 0.0435. The molecule has 0 aliphatic rings. The molecule has 31 heavy (non-hydrogen) atoms. The van der Waals surface area contributed by atoms with Crippen molar-refractivity contribution < 1.29 is 19.1 Å². The van der Waals surface area contributed by atoms with Gasteiger partial charge in [0.25, 0.3) is 0 Å². The lowest BCUT2D eigenvalue weighted by Gasteiger charge is -2.05. The molecule has 2 N–H and O–H groups in total. The van der Waals surface area contributed by atoms with Crippen LogP contribution in [-0.4, -0.2) is 24.0 Å². The van der Waals surface area contributed by atoms with Gasteiger partial charge in [0.1, 0.15) is 5.75 Å². The monoisotopic (exact) mass is 479 g/mol. The summed E-state index contributed by atoms with van der Waals surface area (Å²) in [5.41, 5.74) is 4.79. The first-order chi connectivity index (χ1) is 14.9. The Morgan fingerprint density at radius 3 is 2.32 bits per heavy atom. The number of hydrazone groups is 1. The van der Waals surface area contributed by atoms with Crippen LogP contribution in [0.5, 0.6) is 5.75 Å². The van der Waals surface area contributed by atoms with Gasteiger partial charge >= 0.3 is 17.8 Å². The smallest absolute Gasteiger partial charge is 0.343 e. The molecule has 0 aromatic heterocycles. The third kappa shape index (κ3) is 6.61. The van der Waals surface area contributed by atoms with E-state index in [9.17, 15) is 14.4 Å². The van der Waals surface area contributed by atoms with Crippen molar-refractivity contribution in [3.8, 4) is 5.75 Å². The standard InChI is InChI=1S/C23H18BrN3O4/c1-15-5-9-19(10-6-15)26-21(28)22(29)27-25-14-16-7-11-20(12-8-16)31-23(30)17-3-2-4-18(24)13-17/h2-14H,1H3,(H,26,28)(H,27,29)/b25-14-. The number of rotatable bonds is 5. The maximum atomic E-state index is 12.2. The number of amides is 2. The van der Waals surface area contributed by atoms with Crippen molar-refractivity contribution in [1.29, 1.82) is 0 Å². The Hall–Kier alpha value is -3.78. The fourth-order valence-corrected chi connectivity index (χ4v) is 2.84. The summed E-state index contributed by atoms with van der Waals surface area (Å²) < 4.78 is 6.10. The predicted octanol–water partition coefficient (Wildman–Crippen LogP) is 4.07. The highest BCUT2D eigenvalue weighted by Gasteiger charge is 2.12. The zero-order chi connectivity index (χ0) is 22.2. The molecule has 0 saturated carbocycles. The van der Waals surface area contributed by atoms with E-state index < -0.39 is 17.8 Å². The number of carbonyl (C=O) groups excluding carboxylic acids is 3. The predicted molar refractivity (Wildman–Crippen MR) is 121 cm³/mol. The average molecular weight is 480 g/mol. The van der Waals surface area contributed by atoms with Gasteiger partial charge in [-0.25, -0.2) is 10.2 Å². The van der Waals surface area contributed by atoms with Gasteiger partial charge in [-0.15, -0.1) is 0 Å². The van der Waals surface area contributed by atoms with E-state index in [1.807, 2.05) is 25.1 Å². The normalized spacial score (nSPS) is 10.5. The Balaban J connectivity index is 1.50. The number of benzene rings is 3. The molecule has 0 heterocycles. The molecule has 0 aliphatic heterocycles. The van der Waals surface area contributed by atoms with E-state index in [0.717, 1.165) is 10.0 Å². The lowest BCUT2D eigenvalue weighted by Crippen LogP contribution is -2.32. The molecule has 0 bridgehead atoms. The van der Waals surface area contributed by atoms with Crippen molar-refractivity contribution in [1.82, 2.24) is 5.43 Å². The first kappa shape index (κ1) is 21.9. The van der Waals surface area contributed by atoms with Crippen LogP contribution in [0.3, 0.4) is 0 Å². The van der Waals surface area contributed by atoms with Crippen molar-refractivity contribution in [3.05, 3.63) is 94.0 Å². The van der Waals surface area contributed by atoms with E-state index in [1.54, 1.807) is 54.6 Å². The fourth-order valence-electron chi connectivity index (χ4n) is 2.44. The van der Waals surface area contributed by atoms with E-state index in [0.29, 0.717) is 22.6 Å². The summed E-state index contributed by atoms with van der Waals surface area (Å²) >= 11 is 3.31. The highest BCUT2D eigenvalue weighted by Crippen LogP contribution is 2.16. The summed E-state index contributed by atoms with van der Waals surface area (Å²) in [7, 11) is 0. The maximum absolute atomic E-state index is 12.2. The van der Waals surface area contributed by atoms with Gasteiger partial charge < -0.3 is 10.1 Å². The zero-order valence-corrected chi connectivity index (χ0v) is 18.0. The van der Waals surface area contributed by atoms with E-state index >= 15 is 0 Å². The highest BCUT2D eigenvalue weighted by atomic mass is 79.9. The minimum Gasteiger partial charge on any atom is -0.423 e. The second kappa shape index (κ2) is 10.3. The van der Waals surface area contributed by atoms with Crippen LogP contribution in [0, 0.1) is 6.92 Å². The van der Waals surface area contributed by atoms with Crippen LogP contribution in [0.4, 0.5) is 5.69 Å². The van der Waals surface area contributed by atoms with Crippen LogP contribution in [0.2, 0.25) is 0 Å². The Morgan fingerprint density at radius 1 is 0.935 bits per heavy atom. The van der Waals surface area contributed by atoms with Gasteiger partial charge in [0, 0.05) is 10.2 Å². The third-order valence-corrected chi connectivity index (χ3v) is 4.54. The molecule has 0 spiro atoms. The lowest BCUT2D eigenvalue weighted by atomic mass is 10.2. The van der Waals surface area contributed by atoms with Crippen LogP contribution in [0.25, 0.3) is 0 Å². The molecule has 0 unspecified atom stereocenters. The highest BCUT2D eigenvalue weighted by molar-refractivity contribution is 9.10. The topological polar surface area (TPSA) is 96.9 Å².